The number of hydrogen-bond donors (Lipinski definition) is 1. The molecule has 0 radical (unpaired) electrons. The van der Waals surface area contributed by atoms with Crippen molar-refractivity contribution in [1.82, 2.24) is 14.6 Å². The highest BCUT2D eigenvalue weighted by molar-refractivity contribution is 7.90. The molecule has 4 rings (SSSR count). The highest BCUT2D eigenvalue weighted by Gasteiger charge is 2.10. The molecule has 0 fully saturated rings. The number of hydrogen-bond acceptors (Lipinski definition) is 6. The molecule has 2 heterocycles. The fourth-order valence-electron chi connectivity index (χ4n) is 2.89. The van der Waals surface area contributed by atoms with Crippen molar-refractivity contribution in [2.45, 2.75) is 9.79 Å². The van der Waals surface area contributed by atoms with Crippen LogP contribution in [0.1, 0.15) is 0 Å². The van der Waals surface area contributed by atoms with Gasteiger partial charge in [0.05, 0.1) is 16.8 Å². The lowest BCUT2D eigenvalue weighted by Gasteiger charge is -2.08. The van der Waals surface area contributed by atoms with Crippen LogP contribution < -0.4 is 5.32 Å². The number of nitrogens with one attached hydrogen (secondary N) is 1. The van der Waals surface area contributed by atoms with Crippen molar-refractivity contribution in [3.63, 3.8) is 0 Å². The Bertz CT molecular complexity index is 1310. The number of rotatable bonds is 5. The second-order valence-electron chi connectivity index (χ2n) is 6.53. The van der Waals surface area contributed by atoms with Crippen LogP contribution >= 0.6 is 0 Å². The first-order valence-electron chi connectivity index (χ1n) is 8.67. The van der Waals surface area contributed by atoms with E-state index in [2.05, 4.69) is 15.4 Å². The van der Waals surface area contributed by atoms with Gasteiger partial charge in [-0.2, -0.15) is 0 Å². The summed E-state index contributed by atoms with van der Waals surface area (Å²) in [5, 5.41) is 7.77. The molecule has 0 saturated carbocycles. The molecule has 1 N–H and O–H groups in total. The molecule has 1 unspecified atom stereocenters. The molecule has 0 aliphatic rings. The Morgan fingerprint density at radius 1 is 0.966 bits per heavy atom. The molecule has 4 aromatic rings. The average molecular weight is 427 g/mol. The zero-order valence-corrected chi connectivity index (χ0v) is 17.4. The fourth-order valence-corrected chi connectivity index (χ4v) is 4.04. The fraction of sp³-hybridized carbons (Fsp3) is 0.100. The van der Waals surface area contributed by atoms with E-state index in [-0.39, 0.29) is 4.90 Å². The third-order valence-electron chi connectivity index (χ3n) is 4.40. The van der Waals surface area contributed by atoms with E-state index in [1.807, 2.05) is 30.3 Å². The number of nitrogens with zero attached hydrogens (tertiary/aromatic N) is 3. The van der Waals surface area contributed by atoms with Gasteiger partial charge < -0.3 is 5.32 Å². The molecule has 0 aliphatic carbocycles. The zero-order valence-electron chi connectivity index (χ0n) is 15.7. The van der Waals surface area contributed by atoms with E-state index in [0.29, 0.717) is 11.5 Å². The second kappa shape index (κ2) is 7.41. The number of anilines is 2. The van der Waals surface area contributed by atoms with Crippen LogP contribution in [-0.2, 0) is 20.6 Å². The van der Waals surface area contributed by atoms with E-state index in [1.165, 1.54) is 6.26 Å². The number of benzene rings is 2. The molecule has 0 spiro atoms. The standard InChI is InChI=1S/C20H18N4O3S2/c1-28(25)16-7-3-14(4-8-16)18-13-21-20-12-11-19(23-24(18)20)22-15-5-9-17(10-6-15)29(2,26)27/h3-13H,1-2H3,(H,22,23). The first-order chi connectivity index (χ1) is 13.8. The number of aromatic nitrogens is 3. The number of fused-ring (bicyclic) bond motifs is 1. The monoisotopic (exact) mass is 426 g/mol. The molecule has 2 aromatic heterocycles. The van der Waals surface area contributed by atoms with Gasteiger partial charge in [0.2, 0.25) is 0 Å². The predicted octanol–water partition coefficient (Wildman–Crippen LogP) is 3.28. The van der Waals surface area contributed by atoms with Crippen LogP contribution in [-0.4, -0.2) is 39.7 Å². The lowest BCUT2D eigenvalue weighted by atomic mass is 10.2. The maximum atomic E-state index is 11.6. The maximum absolute atomic E-state index is 11.6. The normalized spacial score (nSPS) is 12.8. The van der Waals surface area contributed by atoms with Gasteiger partial charge in [0, 0.05) is 39.5 Å². The van der Waals surface area contributed by atoms with E-state index in [1.54, 1.807) is 47.3 Å². The van der Waals surface area contributed by atoms with Gasteiger partial charge in [-0.3, -0.25) is 4.21 Å². The average Bonchev–Trinajstić information content (AvgIpc) is 3.11. The lowest BCUT2D eigenvalue weighted by Crippen LogP contribution is -2.01. The van der Waals surface area contributed by atoms with Gasteiger partial charge in [-0.05, 0) is 48.5 Å². The Morgan fingerprint density at radius 2 is 1.66 bits per heavy atom. The molecule has 1 atom stereocenters. The van der Waals surface area contributed by atoms with Crippen LogP contribution in [0.25, 0.3) is 16.9 Å². The summed E-state index contributed by atoms with van der Waals surface area (Å²) in [6.45, 7) is 0. The predicted molar refractivity (Wildman–Crippen MR) is 114 cm³/mol. The van der Waals surface area contributed by atoms with Gasteiger partial charge >= 0.3 is 0 Å². The summed E-state index contributed by atoms with van der Waals surface area (Å²) in [6, 6.07) is 17.6. The van der Waals surface area contributed by atoms with Gasteiger partial charge in [0.15, 0.2) is 21.3 Å². The molecule has 0 bridgehead atoms. The Morgan fingerprint density at radius 3 is 2.28 bits per heavy atom. The van der Waals surface area contributed by atoms with Crippen molar-refractivity contribution in [2.75, 3.05) is 17.8 Å². The summed E-state index contributed by atoms with van der Waals surface area (Å²) in [5.74, 6) is 0.593. The molecule has 29 heavy (non-hydrogen) atoms. The van der Waals surface area contributed by atoms with E-state index in [9.17, 15) is 12.6 Å². The Labute approximate surface area is 170 Å². The lowest BCUT2D eigenvalue weighted by molar-refractivity contribution is 0.602. The number of sulfone groups is 1. The minimum absolute atomic E-state index is 0.264. The van der Waals surface area contributed by atoms with Crippen molar-refractivity contribution < 1.29 is 12.6 Å². The van der Waals surface area contributed by atoms with Crippen LogP contribution in [0.15, 0.2) is 76.7 Å². The Kier molecular flexibility index (Phi) is 4.93. The van der Waals surface area contributed by atoms with Crippen molar-refractivity contribution in [3.8, 4) is 11.3 Å². The molecule has 0 amide bonds. The Balaban J connectivity index is 1.65. The molecular weight excluding hydrogens is 408 g/mol. The maximum Gasteiger partial charge on any atom is 0.175 e. The topological polar surface area (TPSA) is 93.4 Å². The van der Waals surface area contributed by atoms with Gasteiger partial charge in [0.25, 0.3) is 0 Å². The number of imidazole rings is 1. The zero-order chi connectivity index (χ0) is 20.6. The van der Waals surface area contributed by atoms with E-state index in [0.717, 1.165) is 21.8 Å². The molecule has 148 valence electrons. The minimum Gasteiger partial charge on any atom is -0.339 e. The second-order valence-corrected chi connectivity index (χ2v) is 9.93. The minimum atomic E-state index is -3.23. The van der Waals surface area contributed by atoms with Gasteiger partial charge in [-0.15, -0.1) is 5.10 Å². The smallest absolute Gasteiger partial charge is 0.175 e. The highest BCUT2D eigenvalue weighted by Crippen LogP contribution is 2.23. The molecule has 9 heteroatoms. The van der Waals surface area contributed by atoms with E-state index in [4.69, 9.17) is 0 Å². The highest BCUT2D eigenvalue weighted by atomic mass is 32.2. The summed E-state index contributed by atoms with van der Waals surface area (Å²) in [5.41, 5.74) is 3.14. The summed E-state index contributed by atoms with van der Waals surface area (Å²) >= 11 is 0. The first-order valence-corrected chi connectivity index (χ1v) is 12.1. The van der Waals surface area contributed by atoms with Gasteiger partial charge in [0.1, 0.15) is 0 Å². The molecule has 0 aliphatic heterocycles. The van der Waals surface area contributed by atoms with Crippen LogP contribution in [0, 0.1) is 0 Å². The first kappa shape index (κ1) is 19.3. The SMILES string of the molecule is CS(=O)c1ccc(-c2cnc3ccc(Nc4ccc(S(C)(=O)=O)cc4)nn23)cc1. The van der Waals surface area contributed by atoms with Crippen LogP contribution in [0.3, 0.4) is 0 Å². The molecular formula is C20H18N4O3S2. The van der Waals surface area contributed by atoms with Crippen LogP contribution in [0.5, 0.6) is 0 Å². The van der Waals surface area contributed by atoms with Crippen LogP contribution in [0.2, 0.25) is 0 Å². The van der Waals surface area contributed by atoms with Crippen molar-refractivity contribution >= 4 is 37.8 Å². The van der Waals surface area contributed by atoms with Gasteiger partial charge in [-0.1, -0.05) is 12.1 Å². The quantitative estimate of drug-likeness (QED) is 0.526. The molecule has 2 aromatic carbocycles. The summed E-state index contributed by atoms with van der Waals surface area (Å²) in [7, 11) is -4.26. The summed E-state index contributed by atoms with van der Waals surface area (Å²) in [6.07, 6.45) is 4.56. The largest absolute Gasteiger partial charge is 0.339 e. The summed E-state index contributed by atoms with van der Waals surface area (Å²) in [4.78, 5) is 5.41. The van der Waals surface area contributed by atoms with Crippen molar-refractivity contribution in [3.05, 3.63) is 66.9 Å². The van der Waals surface area contributed by atoms with Crippen molar-refractivity contribution in [1.29, 1.82) is 0 Å². The van der Waals surface area contributed by atoms with E-state index < -0.39 is 20.6 Å². The van der Waals surface area contributed by atoms with Gasteiger partial charge in [-0.25, -0.2) is 17.9 Å². The van der Waals surface area contributed by atoms with Crippen molar-refractivity contribution in [2.24, 2.45) is 0 Å². The van der Waals surface area contributed by atoms with E-state index >= 15 is 0 Å². The molecule has 0 saturated heterocycles. The molecule has 7 nitrogen and oxygen atoms in total. The third kappa shape index (κ3) is 4.06. The van der Waals surface area contributed by atoms with Crippen LogP contribution in [0.4, 0.5) is 11.5 Å². The Hall–Kier alpha value is -3.04. The third-order valence-corrected chi connectivity index (χ3v) is 6.46. The summed E-state index contributed by atoms with van der Waals surface area (Å²) < 4.78 is 36.5.